The Hall–Kier alpha value is -1.26. The van der Waals surface area contributed by atoms with Gasteiger partial charge in [-0.25, -0.2) is 0 Å². The molecule has 17 heavy (non-hydrogen) atoms. The summed E-state index contributed by atoms with van der Waals surface area (Å²) < 4.78 is 0. The number of rotatable bonds is 6. The molecule has 0 spiro atoms. The number of nitrogens with one attached hydrogen (secondary N) is 3. The summed E-state index contributed by atoms with van der Waals surface area (Å²) in [6.07, 6.45) is 0. The molecule has 0 aromatic rings. The van der Waals surface area contributed by atoms with Crippen LogP contribution in [0.2, 0.25) is 0 Å². The molecule has 0 aromatic heterocycles. The van der Waals surface area contributed by atoms with Crippen molar-refractivity contribution in [3.63, 3.8) is 0 Å². The maximum absolute atomic E-state index is 11.8. The number of amides is 1. The van der Waals surface area contributed by atoms with E-state index in [4.69, 9.17) is 0 Å². The lowest BCUT2D eigenvalue weighted by Gasteiger charge is -2.21. The molecule has 0 saturated carbocycles. The topological polar surface area (TPSA) is 65.5 Å². The first-order chi connectivity index (χ1) is 7.97. The largest absolute Gasteiger partial charge is 0.357 e. The maximum atomic E-state index is 11.8. The molecule has 5 heteroatoms. The van der Waals surface area contributed by atoms with E-state index >= 15 is 0 Å². The molecule has 1 amide bonds. The van der Waals surface area contributed by atoms with Gasteiger partial charge in [-0.15, -0.1) is 0 Å². The van der Waals surface area contributed by atoms with Gasteiger partial charge in [0.15, 0.2) is 5.96 Å². The molecule has 100 valence electrons. The van der Waals surface area contributed by atoms with Gasteiger partial charge in [-0.3, -0.25) is 9.79 Å². The number of hydrogen-bond donors (Lipinski definition) is 3. The highest BCUT2D eigenvalue weighted by Gasteiger charge is 2.26. The van der Waals surface area contributed by atoms with Gasteiger partial charge in [-0.2, -0.15) is 0 Å². The molecule has 3 N–H and O–H groups in total. The second-order valence-corrected chi connectivity index (χ2v) is 4.47. The van der Waals surface area contributed by atoms with Crippen LogP contribution in [0.1, 0.15) is 34.6 Å². The van der Waals surface area contributed by atoms with Crippen molar-refractivity contribution in [3.8, 4) is 0 Å². The smallest absolute Gasteiger partial charge is 0.227 e. The van der Waals surface area contributed by atoms with E-state index in [1.807, 2.05) is 34.6 Å². The lowest BCUT2D eigenvalue weighted by atomic mass is 9.92. The van der Waals surface area contributed by atoms with E-state index in [1.165, 1.54) is 0 Å². The van der Waals surface area contributed by atoms with Crippen LogP contribution in [0.3, 0.4) is 0 Å². The molecule has 0 unspecified atom stereocenters. The average molecular weight is 242 g/mol. The fraction of sp³-hybridized carbons (Fsp3) is 0.833. The van der Waals surface area contributed by atoms with E-state index in [0.29, 0.717) is 13.1 Å². The first-order valence-electron chi connectivity index (χ1n) is 6.28. The highest BCUT2D eigenvalue weighted by Crippen LogP contribution is 2.15. The Balaban J connectivity index is 4.46. The summed E-state index contributed by atoms with van der Waals surface area (Å²) in [4.78, 5) is 16.2. The molecule has 0 saturated heterocycles. The van der Waals surface area contributed by atoms with Crippen LogP contribution in [-0.2, 0) is 4.79 Å². The van der Waals surface area contributed by atoms with Gasteiger partial charge in [0.25, 0.3) is 0 Å². The Morgan fingerprint density at radius 1 is 1.00 bits per heavy atom. The van der Waals surface area contributed by atoms with E-state index in [-0.39, 0.29) is 5.91 Å². The highest BCUT2D eigenvalue weighted by molar-refractivity contribution is 5.83. The highest BCUT2D eigenvalue weighted by atomic mass is 16.2. The molecule has 5 nitrogen and oxygen atoms in total. The molecule has 0 fully saturated rings. The molecule has 0 heterocycles. The lowest BCUT2D eigenvalue weighted by Crippen LogP contribution is -2.41. The molecular formula is C12H26N4O. The van der Waals surface area contributed by atoms with Crippen molar-refractivity contribution >= 4 is 11.9 Å². The van der Waals surface area contributed by atoms with Crippen molar-refractivity contribution in [2.45, 2.75) is 34.6 Å². The van der Waals surface area contributed by atoms with Gasteiger partial charge in [0, 0.05) is 19.6 Å². The van der Waals surface area contributed by atoms with Gasteiger partial charge in [0.2, 0.25) is 5.91 Å². The predicted octanol–water partition coefficient (Wildman–Crippen LogP) is 0.724. The minimum atomic E-state index is -0.480. The van der Waals surface area contributed by atoms with Gasteiger partial charge in [0.05, 0.1) is 12.0 Å². The lowest BCUT2D eigenvalue weighted by molar-refractivity contribution is -0.128. The van der Waals surface area contributed by atoms with Crippen molar-refractivity contribution in [1.82, 2.24) is 16.0 Å². The van der Waals surface area contributed by atoms with Gasteiger partial charge >= 0.3 is 0 Å². The number of guanidine groups is 1. The Bertz CT molecular complexity index is 253. The van der Waals surface area contributed by atoms with E-state index < -0.39 is 5.41 Å². The van der Waals surface area contributed by atoms with E-state index in [2.05, 4.69) is 20.9 Å². The maximum Gasteiger partial charge on any atom is 0.227 e. The Labute approximate surface area is 104 Å². The summed E-state index contributed by atoms with van der Waals surface area (Å²) >= 11 is 0. The van der Waals surface area contributed by atoms with E-state index in [1.54, 1.807) is 0 Å². The zero-order chi connectivity index (χ0) is 13.3. The molecule has 0 aromatic carbocycles. The molecule has 0 rings (SSSR count). The zero-order valence-corrected chi connectivity index (χ0v) is 11.7. The van der Waals surface area contributed by atoms with Crippen molar-refractivity contribution in [3.05, 3.63) is 0 Å². The molecule has 0 aliphatic rings. The fourth-order valence-electron chi connectivity index (χ4n) is 1.26. The minimum Gasteiger partial charge on any atom is -0.357 e. The van der Waals surface area contributed by atoms with Gasteiger partial charge in [-0.05, 0) is 34.6 Å². The third kappa shape index (κ3) is 6.14. The summed E-state index contributed by atoms with van der Waals surface area (Å²) in [6, 6.07) is 0. The van der Waals surface area contributed by atoms with Crippen LogP contribution in [0, 0.1) is 5.41 Å². The van der Waals surface area contributed by atoms with Crippen molar-refractivity contribution in [1.29, 1.82) is 0 Å². The quantitative estimate of drug-likeness (QED) is 0.475. The first kappa shape index (κ1) is 15.7. The molecule has 0 atom stereocenters. The van der Waals surface area contributed by atoms with Crippen LogP contribution in [0.4, 0.5) is 0 Å². The third-order valence-electron chi connectivity index (χ3n) is 2.27. The average Bonchev–Trinajstić information content (AvgIpc) is 2.27. The number of nitrogens with zero attached hydrogens (tertiary/aromatic N) is 1. The van der Waals surface area contributed by atoms with Gasteiger partial charge in [-0.1, -0.05) is 0 Å². The van der Waals surface area contributed by atoms with E-state index in [0.717, 1.165) is 19.0 Å². The molecule has 0 radical (unpaired) electrons. The Morgan fingerprint density at radius 3 is 1.88 bits per heavy atom. The first-order valence-corrected chi connectivity index (χ1v) is 6.28. The van der Waals surface area contributed by atoms with E-state index in [9.17, 15) is 4.79 Å². The van der Waals surface area contributed by atoms with Crippen LogP contribution >= 0.6 is 0 Å². The number of aliphatic imine (C=N–C) groups is 1. The van der Waals surface area contributed by atoms with Crippen molar-refractivity contribution in [2.75, 3.05) is 26.2 Å². The SMILES string of the molecule is CCNC(=O)C(C)(C)CN=C(NCC)NCC. The second kappa shape index (κ2) is 7.92. The summed E-state index contributed by atoms with van der Waals surface area (Å²) in [5.41, 5.74) is -0.480. The molecule has 0 aliphatic carbocycles. The molecule has 0 bridgehead atoms. The predicted molar refractivity (Wildman–Crippen MR) is 72.1 cm³/mol. The van der Waals surface area contributed by atoms with Crippen molar-refractivity contribution in [2.24, 2.45) is 10.4 Å². The second-order valence-electron chi connectivity index (χ2n) is 4.47. The van der Waals surface area contributed by atoms with Gasteiger partial charge in [0.1, 0.15) is 0 Å². The number of hydrogen-bond acceptors (Lipinski definition) is 2. The Morgan fingerprint density at radius 2 is 1.47 bits per heavy atom. The summed E-state index contributed by atoms with van der Waals surface area (Å²) in [7, 11) is 0. The summed E-state index contributed by atoms with van der Waals surface area (Å²) in [6.45, 7) is 12.5. The minimum absolute atomic E-state index is 0.0381. The number of carbonyl (C=O) groups is 1. The van der Waals surface area contributed by atoms with Crippen LogP contribution < -0.4 is 16.0 Å². The molecule has 0 aliphatic heterocycles. The monoisotopic (exact) mass is 242 g/mol. The molecular weight excluding hydrogens is 216 g/mol. The van der Waals surface area contributed by atoms with Crippen molar-refractivity contribution < 1.29 is 4.79 Å². The van der Waals surface area contributed by atoms with Crippen LogP contribution in [0.25, 0.3) is 0 Å². The van der Waals surface area contributed by atoms with Crippen LogP contribution in [0.15, 0.2) is 4.99 Å². The Kier molecular flexibility index (Phi) is 7.34. The van der Waals surface area contributed by atoms with Crippen LogP contribution in [-0.4, -0.2) is 38.0 Å². The summed E-state index contributed by atoms with van der Waals surface area (Å²) in [5.74, 6) is 0.795. The van der Waals surface area contributed by atoms with Gasteiger partial charge < -0.3 is 16.0 Å². The zero-order valence-electron chi connectivity index (χ0n) is 11.7. The standard InChI is InChI=1S/C12H26N4O/c1-6-13-10(17)12(4,5)9-16-11(14-7-2)15-8-3/h6-9H2,1-5H3,(H,13,17)(H2,14,15,16). The number of carbonyl (C=O) groups excluding carboxylic acids is 1. The third-order valence-corrected chi connectivity index (χ3v) is 2.27. The normalized spacial score (nSPS) is 10.6. The fourth-order valence-corrected chi connectivity index (χ4v) is 1.26. The summed E-state index contributed by atoms with van der Waals surface area (Å²) in [5, 5.41) is 9.09. The van der Waals surface area contributed by atoms with Crippen LogP contribution in [0.5, 0.6) is 0 Å².